The number of carbonyl (C=O) groups is 2. The van der Waals surface area contributed by atoms with Crippen LogP contribution in [-0.2, 0) is 22.5 Å². The molecule has 1 heterocycles. The predicted octanol–water partition coefficient (Wildman–Crippen LogP) is 6.42. The molecule has 0 fully saturated rings. The zero-order chi connectivity index (χ0) is 25.8. The molecule has 37 heavy (non-hydrogen) atoms. The van der Waals surface area contributed by atoms with Gasteiger partial charge in [-0.1, -0.05) is 72.8 Å². The topological polar surface area (TPSA) is 58.6 Å². The first-order valence-electron chi connectivity index (χ1n) is 12.2. The number of ether oxygens (including phenoxy) is 1. The van der Waals surface area contributed by atoms with E-state index >= 15 is 0 Å². The summed E-state index contributed by atoms with van der Waals surface area (Å²) >= 11 is 6.30. The fourth-order valence-electron chi connectivity index (χ4n) is 4.70. The maximum atomic E-state index is 13.5. The second kappa shape index (κ2) is 10.9. The van der Waals surface area contributed by atoms with Crippen LogP contribution < -0.4 is 10.2 Å². The number of Topliss-reactive ketones (excluding diaryl/α,β-unsaturated/α-hetero) is 1. The van der Waals surface area contributed by atoms with Gasteiger partial charge in [-0.15, -0.1) is 11.6 Å². The van der Waals surface area contributed by atoms with E-state index in [-0.39, 0.29) is 11.2 Å². The Morgan fingerprint density at radius 3 is 2.46 bits per heavy atom. The highest BCUT2D eigenvalue weighted by molar-refractivity contribution is 6.22. The summed E-state index contributed by atoms with van der Waals surface area (Å²) in [5, 5.41) is 3.17. The second-order valence-corrected chi connectivity index (χ2v) is 9.57. The number of fused-ring (bicyclic) bond motifs is 1. The number of allylic oxidation sites excluding steroid dienone is 3. The zero-order valence-corrected chi connectivity index (χ0v) is 21.2. The van der Waals surface area contributed by atoms with Crippen molar-refractivity contribution in [2.75, 3.05) is 17.3 Å². The fourth-order valence-corrected chi connectivity index (χ4v) is 4.91. The lowest BCUT2D eigenvalue weighted by Gasteiger charge is -2.31. The highest BCUT2D eigenvalue weighted by atomic mass is 35.5. The number of nitrogens with one attached hydrogen (secondary N) is 1. The largest absolute Gasteiger partial charge is 0.465 e. The Kier molecular flexibility index (Phi) is 7.24. The average Bonchev–Trinajstić information content (AvgIpc) is 2.94. The van der Waals surface area contributed by atoms with Crippen LogP contribution in [0, 0.1) is 0 Å². The number of methoxy groups -OCH3 is 1. The minimum atomic E-state index is -0.445. The number of esters is 1. The van der Waals surface area contributed by atoms with Gasteiger partial charge in [-0.25, -0.2) is 4.79 Å². The first-order valence-corrected chi connectivity index (χ1v) is 12.6. The summed E-state index contributed by atoms with van der Waals surface area (Å²) in [6.07, 6.45) is 6.65. The smallest absolute Gasteiger partial charge is 0.339 e. The van der Waals surface area contributed by atoms with E-state index in [1.165, 1.54) is 7.11 Å². The van der Waals surface area contributed by atoms with E-state index < -0.39 is 5.97 Å². The Labute approximate surface area is 221 Å². The van der Waals surface area contributed by atoms with Gasteiger partial charge in [0.25, 0.3) is 0 Å². The molecule has 2 aliphatic rings. The second-order valence-electron chi connectivity index (χ2n) is 9.01. The third kappa shape index (κ3) is 5.37. The van der Waals surface area contributed by atoms with Gasteiger partial charge in [-0.05, 0) is 30.2 Å². The molecule has 1 aliphatic carbocycles. The van der Waals surface area contributed by atoms with Crippen LogP contribution in [0.4, 0.5) is 11.4 Å². The molecular formula is C31H27ClN2O3. The Morgan fingerprint density at radius 1 is 1.00 bits per heavy atom. The summed E-state index contributed by atoms with van der Waals surface area (Å²) in [4.78, 5) is 28.1. The van der Waals surface area contributed by atoms with Crippen molar-refractivity contribution >= 4 is 34.7 Å². The van der Waals surface area contributed by atoms with Gasteiger partial charge in [0.1, 0.15) is 0 Å². The lowest BCUT2D eigenvalue weighted by atomic mass is 9.92. The van der Waals surface area contributed by atoms with E-state index in [4.69, 9.17) is 16.3 Å². The van der Waals surface area contributed by atoms with Gasteiger partial charge in [-0.3, -0.25) is 4.79 Å². The van der Waals surface area contributed by atoms with Crippen molar-refractivity contribution in [3.8, 4) is 0 Å². The average molecular weight is 511 g/mol. The maximum Gasteiger partial charge on any atom is 0.339 e. The van der Waals surface area contributed by atoms with Gasteiger partial charge in [-0.2, -0.15) is 0 Å². The highest BCUT2D eigenvalue weighted by Crippen LogP contribution is 2.37. The van der Waals surface area contributed by atoms with Gasteiger partial charge in [0.05, 0.1) is 18.1 Å². The minimum Gasteiger partial charge on any atom is -0.465 e. The molecule has 5 nitrogen and oxygen atoms in total. The third-order valence-electron chi connectivity index (χ3n) is 6.52. The Balaban J connectivity index is 1.53. The first-order chi connectivity index (χ1) is 18.0. The van der Waals surface area contributed by atoms with Crippen molar-refractivity contribution in [2.45, 2.75) is 24.8 Å². The molecule has 6 heteroatoms. The number of nitrogens with zero attached hydrogens (tertiary/aromatic N) is 1. The van der Waals surface area contributed by atoms with Gasteiger partial charge in [0, 0.05) is 52.9 Å². The number of hydrogen-bond donors (Lipinski definition) is 1. The fraction of sp³-hybridized carbons (Fsp3) is 0.161. The summed E-state index contributed by atoms with van der Waals surface area (Å²) in [6.45, 7) is 0.618. The summed E-state index contributed by atoms with van der Waals surface area (Å²) in [5.74, 6) is -0.449. The van der Waals surface area contributed by atoms with Gasteiger partial charge < -0.3 is 15.0 Å². The van der Waals surface area contributed by atoms with Crippen molar-refractivity contribution in [2.24, 2.45) is 0 Å². The van der Waals surface area contributed by atoms with Crippen molar-refractivity contribution < 1.29 is 14.3 Å². The summed E-state index contributed by atoms with van der Waals surface area (Å²) < 4.78 is 4.99. The summed E-state index contributed by atoms with van der Waals surface area (Å²) in [6, 6.07) is 25.5. The Morgan fingerprint density at radius 2 is 1.73 bits per heavy atom. The monoisotopic (exact) mass is 510 g/mol. The van der Waals surface area contributed by atoms with Crippen LogP contribution in [0.1, 0.15) is 27.9 Å². The molecular weight excluding hydrogens is 484 g/mol. The molecule has 0 amide bonds. The molecule has 0 aromatic heterocycles. The molecule has 5 rings (SSSR count). The molecule has 1 atom stereocenters. The van der Waals surface area contributed by atoms with Crippen LogP contribution in [0.2, 0.25) is 0 Å². The van der Waals surface area contributed by atoms with Crippen molar-refractivity contribution in [3.05, 3.63) is 131 Å². The molecule has 1 aliphatic heterocycles. The van der Waals surface area contributed by atoms with Gasteiger partial charge >= 0.3 is 5.97 Å². The lowest BCUT2D eigenvalue weighted by Crippen LogP contribution is -2.25. The predicted molar refractivity (Wildman–Crippen MR) is 148 cm³/mol. The number of carbonyl (C=O) groups excluding carboxylic acids is 2. The Bertz CT molecular complexity index is 1410. The van der Waals surface area contributed by atoms with E-state index in [1.54, 1.807) is 6.08 Å². The molecule has 0 spiro atoms. The number of halogens is 1. The zero-order valence-electron chi connectivity index (χ0n) is 20.5. The van der Waals surface area contributed by atoms with Gasteiger partial charge in [0.2, 0.25) is 0 Å². The number of rotatable bonds is 7. The summed E-state index contributed by atoms with van der Waals surface area (Å²) in [7, 11) is 1.36. The van der Waals surface area contributed by atoms with Crippen LogP contribution in [0.25, 0.3) is 0 Å². The van der Waals surface area contributed by atoms with Gasteiger partial charge in [0.15, 0.2) is 5.78 Å². The summed E-state index contributed by atoms with van der Waals surface area (Å²) in [5.41, 5.74) is 6.36. The SMILES string of the molecule is COC(=O)C1=CC(Cl)CC=C1Nc1cccc2c1CC(C(=O)c1ccccc1)=CN2Cc1ccccc1. The first kappa shape index (κ1) is 24.6. The van der Waals surface area contributed by atoms with Crippen LogP contribution in [0.3, 0.4) is 0 Å². The van der Waals surface area contributed by atoms with Crippen molar-refractivity contribution in [1.29, 1.82) is 0 Å². The molecule has 0 saturated carbocycles. The van der Waals surface area contributed by atoms with E-state index in [0.29, 0.717) is 41.8 Å². The number of benzene rings is 3. The number of alkyl halides is 1. The van der Waals surface area contributed by atoms with Crippen LogP contribution >= 0.6 is 11.6 Å². The van der Waals surface area contributed by atoms with Crippen LogP contribution in [0.15, 0.2) is 114 Å². The van der Waals surface area contributed by atoms with Crippen LogP contribution in [0.5, 0.6) is 0 Å². The minimum absolute atomic E-state index is 0.00359. The third-order valence-corrected chi connectivity index (χ3v) is 6.83. The number of hydrogen-bond acceptors (Lipinski definition) is 5. The normalized spacial score (nSPS) is 16.6. The quantitative estimate of drug-likeness (QED) is 0.226. The number of ketones is 1. The molecule has 0 bridgehead atoms. The molecule has 1 unspecified atom stereocenters. The molecule has 3 aromatic rings. The number of anilines is 2. The van der Waals surface area contributed by atoms with E-state index in [2.05, 4.69) is 28.4 Å². The van der Waals surface area contributed by atoms with Crippen molar-refractivity contribution in [1.82, 2.24) is 0 Å². The Hall–Kier alpha value is -4.09. The van der Waals surface area contributed by atoms with E-state index in [1.807, 2.05) is 72.9 Å². The molecule has 3 aromatic carbocycles. The van der Waals surface area contributed by atoms with Crippen molar-refractivity contribution in [3.63, 3.8) is 0 Å². The molecule has 0 radical (unpaired) electrons. The molecule has 1 N–H and O–H groups in total. The van der Waals surface area contributed by atoms with E-state index in [0.717, 1.165) is 22.5 Å². The molecule has 186 valence electrons. The van der Waals surface area contributed by atoms with E-state index in [9.17, 15) is 9.59 Å². The van der Waals surface area contributed by atoms with Crippen LogP contribution in [-0.4, -0.2) is 24.2 Å². The maximum absolute atomic E-state index is 13.5. The molecule has 0 saturated heterocycles. The highest BCUT2D eigenvalue weighted by Gasteiger charge is 2.27. The lowest BCUT2D eigenvalue weighted by molar-refractivity contribution is -0.135. The standard InChI is InChI=1S/C31H27ClN2O3/c1-37-31(36)26-18-24(32)15-16-28(26)33-27-13-8-14-29-25(27)17-23(30(35)22-11-6-3-7-12-22)20-34(29)19-21-9-4-2-5-10-21/h2-14,16,18,20,24,33H,15,17,19H2,1H3.